The maximum absolute atomic E-state index is 3.74. The van der Waals surface area contributed by atoms with Crippen LogP contribution < -0.4 is 0 Å². The Morgan fingerprint density at radius 3 is 2.69 bits per heavy atom. The van der Waals surface area contributed by atoms with Crippen LogP contribution in [0.2, 0.25) is 0 Å². The van der Waals surface area contributed by atoms with Gasteiger partial charge >= 0.3 is 0 Å². The SMILES string of the molecule is Brc1cccc(Cn2cnnc2)c1. The van der Waals surface area contributed by atoms with Crippen molar-refractivity contribution in [1.29, 1.82) is 0 Å². The van der Waals surface area contributed by atoms with Gasteiger partial charge in [0.2, 0.25) is 0 Å². The fourth-order valence-electron chi connectivity index (χ4n) is 1.15. The third-order valence-corrected chi connectivity index (χ3v) is 2.21. The number of nitrogens with zero attached hydrogens (tertiary/aromatic N) is 3. The lowest BCUT2D eigenvalue weighted by atomic mass is 10.2. The van der Waals surface area contributed by atoms with Crippen LogP contribution in [0, 0.1) is 0 Å². The summed E-state index contributed by atoms with van der Waals surface area (Å²) in [5, 5.41) is 7.48. The Bertz CT molecular complexity index is 384. The maximum atomic E-state index is 3.74. The van der Waals surface area contributed by atoms with Crippen molar-refractivity contribution in [2.45, 2.75) is 6.54 Å². The summed E-state index contributed by atoms with van der Waals surface area (Å²) >= 11 is 3.43. The lowest BCUT2D eigenvalue weighted by molar-refractivity contribution is 0.794. The predicted octanol–water partition coefficient (Wildman–Crippen LogP) is 2.09. The summed E-state index contributed by atoms with van der Waals surface area (Å²) in [4.78, 5) is 0. The summed E-state index contributed by atoms with van der Waals surface area (Å²) in [6.45, 7) is 0.812. The van der Waals surface area contributed by atoms with E-state index < -0.39 is 0 Å². The van der Waals surface area contributed by atoms with Gasteiger partial charge in [-0.3, -0.25) is 0 Å². The van der Waals surface area contributed by atoms with Gasteiger partial charge in [-0.05, 0) is 17.7 Å². The molecule has 13 heavy (non-hydrogen) atoms. The van der Waals surface area contributed by atoms with Gasteiger partial charge in [0, 0.05) is 4.47 Å². The molecule has 4 heteroatoms. The fourth-order valence-corrected chi connectivity index (χ4v) is 1.60. The molecule has 2 aromatic rings. The van der Waals surface area contributed by atoms with Crippen LogP contribution in [0.3, 0.4) is 0 Å². The Kier molecular flexibility index (Phi) is 2.40. The average molecular weight is 238 g/mol. The van der Waals surface area contributed by atoms with Gasteiger partial charge in [0.15, 0.2) is 0 Å². The first-order valence-electron chi connectivity index (χ1n) is 3.91. The van der Waals surface area contributed by atoms with E-state index in [1.54, 1.807) is 12.7 Å². The van der Waals surface area contributed by atoms with Gasteiger partial charge in [0.1, 0.15) is 12.7 Å². The molecule has 0 fully saturated rings. The van der Waals surface area contributed by atoms with Crippen molar-refractivity contribution in [3.05, 3.63) is 47.0 Å². The Balaban J connectivity index is 2.19. The number of halogens is 1. The van der Waals surface area contributed by atoms with Crippen LogP contribution in [0.25, 0.3) is 0 Å². The first-order chi connectivity index (χ1) is 6.34. The van der Waals surface area contributed by atoms with Crippen molar-refractivity contribution in [2.24, 2.45) is 0 Å². The summed E-state index contributed by atoms with van der Waals surface area (Å²) < 4.78 is 3.03. The minimum absolute atomic E-state index is 0.812. The van der Waals surface area contributed by atoms with Crippen molar-refractivity contribution in [3.63, 3.8) is 0 Å². The molecule has 0 aliphatic carbocycles. The predicted molar refractivity (Wildman–Crippen MR) is 53.3 cm³/mol. The summed E-state index contributed by atoms with van der Waals surface area (Å²) in [6.07, 6.45) is 3.42. The maximum Gasteiger partial charge on any atom is 0.119 e. The highest BCUT2D eigenvalue weighted by Crippen LogP contribution is 2.12. The van der Waals surface area contributed by atoms with E-state index in [0.29, 0.717) is 0 Å². The highest BCUT2D eigenvalue weighted by molar-refractivity contribution is 9.10. The number of hydrogen-bond acceptors (Lipinski definition) is 2. The highest BCUT2D eigenvalue weighted by atomic mass is 79.9. The van der Waals surface area contributed by atoms with Gasteiger partial charge in [0.25, 0.3) is 0 Å². The first-order valence-corrected chi connectivity index (χ1v) is 4.71. The zero-order valence-electron chi connectivity index (χ0n) is 6.89. The number of aromatic nitrogens is 3. The van der Waals surface area contributed by atoms with E-state index in [1.165, 1.54) is 5.56 Å². The van der Waals surface area contributed by atoms with E-state index in [4.69, 9.17) is 0 Å². The molecular formula is C9H8BrN3. The first kappa shape index (κ1) is 8.44. The number of benzene rings is 1. The van der Waals surface area contributed by atoms with Crippen LogP contribution in [-0.2, 0) is 6.54 Å². The Morgan fingerprint density at radius 2 is 2.00 bits per heavy atom. The summed E-state index contributed by atoms with van der Waals surface area (Å²) in [6, 6.07) is 8.18. The zero-order valence-corrected chi connectivity index (χ0v) is 8.48. The molecule has 3 nitrogen and oxygen atoms in total. The van der Waals surface area contributed by atoms with Crippen LogP contribution in [0.4, 0.5) is 0 Å². The van der Waals surface area contributed by atoms with Gasteiger partial charge in [-0.25, -0.2) is 0 Å². The average Bonchev–Trinajstić information content (AvgIpc) is 2.57. The molecule has 1 heterocycles. The van der Waals surface area contributed by atoms with E-state index in [1.807, 2.05) is 16.7 Å². The lowest BCUT2D eigenvalue weighted by Crippen LogP contribution is -1.95. The zero-order chi connectivity index (χ0) is 9.10. The van der Waals surface area contributed by atoms with Crippen molar-refractivity contribution in [2.75, 3.05) is 0 Å². The van der Waals surface area contributed by atoms with Gasteiger partial charge in [0.05, 0.1) is 6.54 Å². The molecular weight excluding hydrogens is 230 g/mol. The monoisotopic (exact) mass is 237 g/mol. The standard InChI is InChI=1S/C9H8BrN3/c10-9-3-1-2-8(4-9)5-13-6-11-12-7-13/h1-4,6-7H,5H2. The Labute approximate surface area is 84.5 Å². The third kappa shape index (κ3) is 2.15. The molecule has 0 spiro atoms. The van der Waals surface area contributed by atoms with Crippen LogP contribution in [0.5, 0.6) is 0 Å². The molecule has 0 N–H and O–H groups in total. The molecule has 0 unspecified atom stereocenters. The van der Waals surface area contributed by atoms with E-state index in [2.05, 4.69) is 38.3 Å². The molecule has 1 aromatic heterocycles. The molecule has 1 aromatic carbocycles. The molecule has 66 valence electrons. The van der Waals surface area contributed by atoms with E-state index >= 15 is 0 Å². The van der Waals surface area contributed by atoms with Crippen molar-refractivity contribution < 1.29 is 0 Å². The largest absolute Gasteiger partial charge is 0.316 e. The molecule has 0 saturated carbocycles. The topological polar surface area (TPSA) is 30.7 Å². The van der Waals surface area contributed by atoms with Crippen molar-refractivity contribution in [1.82, 2.24) is 14.8 Å². The minimum atomic E-state index is 0.812. The highest BCUT2D eigenvalue weighted by Gasteiger charge is 1.94. The van der Waals surface area contributed by atoms with Crippen LogP contribution >= 0.6 is 15.9 Å². The summed E-state index contributed by atoms with van der Waals surface area (Å²) in [5.41, 5.74) is 1.23. The quantitative estimate of drug-likeness (QED) is 0.801. The summed E-state index contributed by atoms with van der Waals surface area (Å²) in [7, 11) is 0. The van der Waals surface area contributed by atoms with Crippen LogP contribution in [0.15, 0.2) is 41.4 Å². The minimum Gasteiger partial charge on any atom is -0.316 e. The molecule has 2 rings (SSSR count). The molecule has 0 atom stereocenters. The Morgan fingerprint density at radius 1 is 1.23 bits per heavy atom. The van der Waals surface area contributed by atoms with E-state index in [0.717, 1.165) is 11.0 Å². The van der Waals surface area contributed by atoms with Crippen molar-refractivity contribution >= 4 is 15.9 Å². The van der Waals surface area contributed by atoms with Gasteiger partial charge in [-0.1, -0.05) is 28.1 Å². The van der Waals surface area contributed by atoms with E-state index in [-0.39, 0.29) is 0 Å². The second-order valence-electron chi connectivity index (χ2n) is 2.76. The number of hydrogen-bond donors (Lipinski definition) is 0. The number of rotatable bonds is 2. The van der Waals surface area contributed by atoms with Gasteiger partial charge < -0.3 is 4.57 Å². The molecule has 0 saturated heterocycles. The second-order valence-corrected chi connectivity index (χ2v) is 3.68. The smallest absolute Gasteiger partial charge is 0.119 e. The van der Waals surface area contributed by atoms with Crippen molar-refractivity contribution in [3.8, 4) is 0 Å². The second kappa shape index (κ2) is 3.70. The third-order valence-electron chi connectivity index (χ3n) is 1.72. The van der Waals surface area contributed by atoms with Crippen LogP contribution in [0.1, 0.15) is 5.56 Å². The fraction of sp³-hybridized carbons (Fsp3) is 0.111. The van der Waals surface area contributed by atoms with Gasteiger partial charge in [-0.15, -0.1) is 10.2 Å². The Hall–Kier alpha value is -1.16. The molecule has 0 aliphatic heterocycles. The molecule has 0 amide bonds. The molecule has 0 radical (unpaired) electrons. The lowest BCUT2D eigenvalue weighted by Gasteiger charge is -2.01. The molecule has 0 aliphatic rings. The summed E-state index contributed by atoms with van der Waals surface area (Å²) in [5.74, 6) is 0. The van der Waals surface area contributed by atoms with E-state index in [9.17, 15) is 0 Å². The van der Waals surface area contributed by atoms with Crippen LogP contribution in [-0.4, -0.2) is 14.8 Å². The molecule has 0 bridgehead atoms. The normalized spacial score (nSPS) is 10.2. The van der Waals surface area contributed by atoms with Gasteiger partial charge in [-0.2, -0.15) is 0 Å².